The Kier molecular flexibility index (Phi) is 10.4. The normalized spacial score (nSPS) is 8.85. The molecule has 12 nitrogen and oxygen atoms in total. The van der Waals surface area contributed by atoms with E-state index in [-0.39, 0.29) is 23.5 Å². The summed E-state index contributed by atoms with van der Waals surface area (Å²) in [6, 6.07) is 5.56. The van der Waals surface area contributed by atoms with E-state index in [0.29, 0.717) is 5.69 Å². The Morgan fingerprint density at radius 3 is 1.74 bits per heavy atom. The molecule has 0 aliphatic heterocycles. The maximum absolute atomic E-state index is 10.6. The third kappa shape index (κ3) is 11.7. The monoisotopic (exact) mass is 442 g/mol. The number of anilines is 1. The highest BCUT2D eigenvalue weighted by atomic mass is 79.9. The van der Waals surface area contributed by atoms with Crippen molar-refractivity contribution in [3.05, 3.63) is 61.4 Å². The molecule has 0 bridgehead atoms. The number of nitrogens with zero attached hydrogens (tertiary/aromatic N) is 4. The summed E-state index contributed by atoms with van der Waals surface area (Å²) in [6.45, 7) is 2.65. The zero-order chi connectivity index (χ0) is 21.0. The lowest BCUT2D eigenvalue weighted by atomic mass is 10.4. The number of hydrogen-bond acceptors (Lipinski definition) is 8. The van der Waals surface area contributed by atoms with Crippen molar-refractivity contribution in [1.29, 1.82) is 0 Å². The Morgan fingerprint density at radius 1 is 1.00 bits per heavy atom. The number of nitrogens with two attached hydrogens (primary N) is 1. The Bertz CT molecular complexity index is 793. The third-order valence-corrected chi connectivity index (χ3v) is 2.62. The average Bonchev–Trinajstić information content (AvgIpc) is 2.55. The first-order valence-corrected chi connectivity index (χ1v) is 7.72. The SMILES string of the molecule is CC(=O)Nc1ccc([N+](=O)[O-])nc1.CC(N)=O.O=[N+]([O-])c1ccc(Br)cn1. The van der Waals surface area contributed by atoms with Crippen LogP contribution in [-0.4, -0.2) is 31.6 Å². The van der Waals surface area contributed by atoms with Gasteiger partial charge in [-0.3, -0.25) is 9.59 Å². The highest BCUT2D eigenvalue weighted by Gasteiger charge is 2.06. The van der Waals surface area contributed by atoms with Crippen LogP contribution in [0.15, 0.2) is 41.1 Å². The average molecular weight is 443 g/mol. The van der Waals surface area contributed by atoms with Crippen molar-refractivity contribution in [2.45, 2.75) is 13.8 Å². The molecule has 2 amide bonds. The topological polar surface area (TPSA) is 184 Å². The molecule has 0 saturated carbocycles. The summed E-state index contributed by atoms with van der Waals surface area (Å²) in [5.41, 5.74) is 4.91. The second-order valence-corrected chi connectivity index (χ2v) is 5.46. The van der Waals surface area contributed by atoms with Crippen LogP contribution in [0.3, 0.4) is 0 Å². The fourth-order valence-electron chi connectivity index (χ4n) is 1.25. The molecule has 0 aromatic carbocycles. The lowest BCUT2D eigenvalue weighted by Gasteiger charge is -1.97. The molecular formula is C14H15BrN6O6. The molecule has 13 heteroatoms. The Hall–Kier alpha value is -3.48. The molecule has 0 aliphatic rings. The fourth-order valence-corrected chi connectivity index (χ4v) is 1.48. The van der Waals surface area contributed by atoms with Crippen LogP contribution in [0, 0.1) is 20.2 Å². The molecule has 144 valence electrons. The van der Waals surface area contributed by atoms with Gasteiger partial charge < -0.3 is 31.3 Å². The van der Waals surface area contributed by atoms with Gasteiger partial charge >= 0.3 is 11.6 Å². The van der Waals surface area contributed by atoms with Gasteiger partial charge in [-0.25, -0.2) is 0 Å². The molecular weight excluding hydrogens is 428 g/mol. The maximum atomic E-state index is 10.6. The number of hydrogen-bond donors (Lipinski definition) is 2. The van der Waals surface area contributed by atoms with E-state index in [1.54, 1.807) is 6.07 Å². The molecule has 2 aromatic rings. The number of nitrogens with one attached hydrogen (secondary N) is 1. The lowest BCUT2D eigenvalue weighted by molar-refractivity contribution is -0.389. The molecule has 2 heterocycles. The molecule has 2 rings (SSSR count). The van der Waals surface area contributed by atoms with Crippen molar-refractivity contribution >= 4 is 45.1 Å². The first-order valence-electron chi connectivity index (χ1n) is 6.93. The van der Waals surface area contributed by atoms with Gasteiger partial charge in [0.15, 0.2) is 12.4 Å². The van der Waals surface area contributed by atoms with Crippen LogP contribution < -0.4 is 11.1 Å². The van der Waals surface area contributed by atoms with Crippen molar-refractivity contribution in [3.8, 4) is 0 Å². The number of carbonyl (C=O) groups excluding carboxylic acids is 2. The Morgan fingerprint density at radius 2 is 1.44 bits per heavy atom. The van der Waals surface area contributed by atoms with Crippen molar-refractivity contribution in [2.24, 2.45) is 5.73 Å². The highest BCUT2D eigenvalue weighted by Crippen LogP contribution is 2.12. The van der Waals surface area contributed by atoms with Gasteiger partial charge in [-0.15, -0.1) is 0 Å². The molecule has 0 radical (unpaired) electrons. The molecule has 27 heavy (non-hydrogen) atoms. The van der Waals surface area contributed by atoms with Crippen molar-refractivity contribution in [3.63, 3.8) is 0 Å². The number of rotatable bonds is 3. The largest absolute Gasteiger partial charge is 0.370 e. The zero-order valence-electron chi connectivity index (χ0n) is 14.2. The number of pyridine rings is 2. The van der Waals surface area contributed by atoms with Crippen molar-refractivity contribution in [1.82, 2.24) is 9.97 Å². The molecule has 0 atom stereocenters. The van der Waals surface area contributed by atoms with Gasteiger partial charge in [0, 0.05) is 26.0 Å². The minimum Gasteiger partial charge on any atom is -0.370 e. The van der Waals surface area contributed by atoms with Crippen LogP contribution in [-0.2, 0) is 9.59 Å². The second kappa shape index (κ2) is 12.0. The van der Waals surface area contributed by atoms with E-state index in [0.717, 1.165) is 4.47 Å². The smallest absolute Gasteiger partial charge is 0.363 e. The van der Waals surface area contributed by atoms with Crippen molar-refractivity contribution in [2.75, 3.05) is 5.32 Å². The van der Waals surface area contributed by atoms with Crippen molar-refractivity contribution < 1.29 is 19.4 Å². The van der Waals surface area contributed by atoms with E-state index < -0.39 is 9.85 Å². The molecule has 0 fully saturated rings. The molecule has 2 aromatic heterocycles. The standard InChI is InChI=1S/C7H7N3O3.C5H3BrN2O2.C2H5NO/c1-5(11)9-6-2-3-7(8-4-6)10(12)13;6-4-1-2-5(7-3-4)8(9)10;1-2(3)4/h2-4H,1H3,(H,9,11);1-3H;1H3,(H2,3,4). The van der Waals surface area contributed by atoms with Gasteiger partial charge in [-0.1, -0.05) is 0 Å². The number of halogens is 1. The summed E-state index contributed by atoms with van der Waals surface area (Å²) in [4.78, 5) is 45.9. The molecule has 0 spiro atoms. The van der Waals surface area contributed by atoms with E-state index in [2.05, 4.69) is 36.9 Å². The van der Waals surface area contributed by atoms with Crippen LogP contribution in [0.1, 0.15) is 13.8 Å². The van der Waals surface area contributed by atoms with Gasteiger partial charge in [0.1, 0.15) is 0 Å². The molecule has 0 unspecified atom stereocenters. The second-order valence-electron chi connectivity index (χ2n) is 4.55. The van der Waals surface area contributed by atoms with Crippen LogP contribution >= 0.6 is 15.9 Å². The summed E-state index contributed by atoms with van der Waals surface area (Å²) >= 11 is 3.11. The van der Waals surface area contributed by atoms with Crippen LogP contribution in [0.25, 0.3) is 0 Å². The maximum Gasteiger partial charge on any atom is 0.363 e. The van der Waals surface area contributed by atoms with Gasteiger partial charge in [-0.2, -0.15) is 0 Å². The van der Waals surface area contributed by atoms with E-state index in [1.807, 2.05) is 0 Å². The number of primary amides is 1. The van der Waals surface area contributed by atoms with Crippen LogP contribution in [0.5, 0.6) is 0 Å². The predicted octanol–water partition coefficient (Wildman–Crippen LogP) is 2.19. The van der Waals surface area contributed by atoms with E-state index in [1.165, 1.54) is 44.4 Å². The van der Waals surface area contributed by atoms with E-state index >= 15 is 0 Å². The first-order chi connectivity index (χ1) is 12.5. The van der Waals surface area contributed by atoms with E-state index in [4.69, 9.17) is 0 Å². The summed E-state index contributed by atoms with van der Waals surface area (Å²) in [7, 11) is 0. The van der Waals surface area contributed by atoms with Gasteiger partial charge in [0.2, 0.25) is 11.8 Å². The van der Waals surface area contributed by atoms with Gasteiger partial charge in [0.25, 0.3) is 0 Å². The number of nitro groups is 2. The summed E-state index contributed by atoms with van der Waals surface area (Å²) < 4.78 is 0.734. The van der Waals surface area contributed by atoms with Crippen LogP contribution in [0.2, 0.25) is 0 Å². The molecule has 0 aliphatic carbocycles. The Balaban J connectivity index is 0.000000428. The Labute approximate surface area is 161 Å². The third-order valence-electron chi connectivity index (χ3n) is 2.15. The summed E-state index contributed by atoms with van der Waals surface area (Å²) in [6.07, 6.45) is 2.62. The van der Waals surface area contributed by atoms with E-state index in [9.17, 15) is 29.8 Å². The summed E-state index contributed by atoms with van der Waals surface area (Å²) in [5.74, 6) is -0.951. The molecule has 0 saturated heterocycles. The minimum atomic E-state index is -0.600. The lowest BCUT2D eigenvalue weighted by Crippen LogP contribution is -2.06. The minimum absolute atomic E-state index is 0.136. The number of aromatic nitrogens is 2. The number of carbonyl (C=O) groups is 2. The zero-order valence-corrected chi connectivity index (χ0v) is 15.7. The predicted molar refractivity (Wildman–Crippen MR) is 98.7 cm³/mol. The number of amides is 2. The van der Waals surface area contributed by atoms with Gasteiger partial charge in [-0.05, 0) is 47.9 Å². The first kappa shape index (κ1) is 23.5. The van der Waals surface area contributed by atoms with Crippen LogP contribution in [0.4, 0.5) is 17.3 Å². The fraction of sp³-hybridized carbons (Fsp3) is 0.143. The summed E-state index contributed by atoms with van der Waals surface area (Å²) in [5, 5.41) is 22.7. The van der Waals surface area contributed by atoms with Gasteiger partial charge in [0.05, 0.1) is 10.2 Å². The molecule has 3 N–H and O–H groups in total. The quantitative estimate of drug-likeness (QED) is 0.534. The highest BCUT2D eigenvalue weighted by molar-refractivity contribution is 9.10.